The molecule has 0 spiro atoms. The fourth-order valence-electron chi connectivity index (χ4n) is 2.93. The summed E-state index contributed by atoms with van der Waals surface area (Å²) in [5, 5.41) is 0. The molecule has 0 aromatic heterocycles. The lowest BCUT2D eigenvalue weighted by molar-refractivity contribution is 0.331. The summed E-state index contributed by atoms with van der Waals surface area (Å²) in [6, 6.07) is 7.01. The first-order valence-corrected chi connectivity index (χ1v) is 6.62. The number of fused-ring (bicyclic) bond motifs is 1. The topological polar surface area (TPSA) is 0 Å². The van der Waals surface area contributed by atoms with E-state index in [9.17, 15) is 0 Å². The highest BCUT2D eigenvalue weighted by Gasteiger charge is 2.36. The Balaban J connectivity index is 2.55. The molecule has 1 aliphatic carbocycles. The molecule has 0 fully saturated rings. The summed E-state index contributed by atoms with van der Waals surface area (Å²) in [5.74, 6) is 0. The van der Waals surface area contributed by atoms with Crippen LogP contribution in [0, 0.1) is 0 Å². The van der Waals surface area contributed by atoms with Gasteiger partial charge in [0.25, 0.3) is 0 Å². The Morgan fingerprint density at radius 2 is 1.65 bits per heavy atom. The minimum atomic E-state index is 0.321. The second kappa shape index (κ2) is 4.01. The predicted molar refractivity (Wildman–Crippen MR) is 75.6 cm³/mol. The Bertz CT molecular complexity index is 435. The first-order valence-electron chi connectivity index (χ1n) is 6.62. The van der Waals surface area contributed by atoms with Gasteiger partial charge in [0.15, 0.2) is 0 Å². The molecule has 0 nitrogen and oxygen atoms in total. The van der Waals surface area contributed by atoms with Crippen LogP contribution in [-0.4, -0.2) is 0 Å². The molecule has 0 radical (unpaired) electrons. The van der Waals surface area contributed by atoms with E-state index in [0.29, 0.717) is 10.8 Å². The molecule has 0 heterocycles. The van der Waals surface area contributed by atoms with Gasteiger partial charge in [0.05, 0.1) is 0 Å². The number of benzene rings is 1. The molecular weight excluding hydrogens is 204 g/mol. The zero-order chi connectivity index (χ0) is 12.7. The van der Waals surface area contributed by atoms with Crippen molar-refractivity contribution in [2.75, 3.05) is 0 Å². The Kier molecular flexibility index (Phi) is 2.93. The van der Waals surface area contributed by atoms with Crippen molar-refractivity contribution in [2.24, 2.45) is 0 Å². The molecule has 92 valence electrons. The van der Waals surface area contributed by atoms with Crippen LogP contribution in [0.4, 0.5) is 0 Å². The highest BCUT2D eigenvalue weighted by Crippen LogP contribution is 2.45. The van der Waals surface area contributed by atoms with E-state index < -0.39 is 0 Å². The monoisotopic (exact) mass is 228 g/mol. The van der Waals surface area contributed by atoms with Crippen molar-refractivity contribution < 1.29 is 0 Å². The van der Waals surface area contributed by atoms with Crippen LogP contribution in [0.5, 0.6) is 0 Å². The summed E-state index contributed by atoms with van der Waals surface area (Å²) in [5.41, 5.74) is 5.14. The Hall–Kier alpha value is -1.04. The summed E-state index contributed by atoms with van der Waals surface area (Å²) in [6.45, 7) is 13.3. The van der Waals surface area contributed by atoms with Gasteiger partial charge in [-0.1, -0.05) is 52.0 Å². The molecule has 0 atom stereocenters. The van der Waals surface area contributed by atoms with Gasteiger partial charge in [0, 0.05) is 0 Å². The summed E-state index contributed by atoms with van der Waals surface area (Å²) in [7, 11) is 0. The molecule has 0 bridgehead atoms. The minimum absolute atomic E-state index is 0.321. The Morgan fingerprint density at radius 1 is 1.06 bits per heavy atom. The molecular formula is C17H24. The fraction of sp³-hybridized carbons (Fsp3) is 0.529. The molecule has 0 unspecified atom stereocenters. The van der Waals surface area contributed by atoms with E-state index in [0.717, 1.165) is 6.42 Å². The molecule has 1 aromatic carbocycles. The van der Waals surface area contributed by atoms with Gasteiger partial charge in [-0.2, -0.15) is 0 Å². The molecule has 1 aromatic rings. The highest BCUT2D eigenvalue weighted by atomic mass is 14.4. The normalized spacial score (nSPS) is 20.7. The van der Waals surface area contributed by atoms with Crippen molar-refractivity contribution in [1.82, 2.24) is 0 Å². The Morgan fingerprint density at radius 3 is 2.24 bits per heavy atom. The molecule has 2 rings (SSSR count). The van der Waals surface area contributed by atoms with Crippen molar-refractivity contribution >= 4 is 0 Å². The third kappa shape index (κ3) is 2.18. The first-order chi connectivity index (χ1) is 7.87. The van der Waals surface area contributed by atoms with E-state index >= 15 is 0 Å². The van der Waals surface area contributed by atoms with Crippen molar-refractivity contribution in [1.29, 1.82) is 0 Å². The third-order valence-corrected chi connectivity index (χ3v) is 4.30. The number of allylic oxidation sites excluding steroid dienone is 1. The van der Waals surface area contributed by atoms with E-state index in [1.165, 1.54) is 18.4 Å². The van der Waals surface area contributed by atoms with Gasteiger partial charge in [-0.15, -0.1) is 6.58 Å². The summed E-state index contributed by atoms with van der Waals surface area (Å²) in [6.07, 6.45) is 5.53. The van der Waals surface area contributed by atoms with Gasteiger partial charge >= 0.3 is 0 Å². The molecule has 0 heteroatoms. The molecule has 0 saturated heterocycles. The lowest BCUT2D eigenvalue weighted by Crippen LogP contribution is -2.33. The average molecular weight is 228 g/mol. The summed E-state index contributed by atoms with van der Waals surface area (Å²) < 4.78 is 0. The zero-order valence-corrected chi connectivity index (χ0v) is 11.6. The second-order valence-electron chi connectivity index (χ2n) is 6.64. The maximum Gasteiger partial charge on any atom is -0.0100 e. The smallest absolute Gasteiger partial charge is 0.0100 e. The van der Waals surface area contributed by atoms with Crippen LogP contribution in [0.1, 0.15) is 57.2 Å². The fourth-order valence-corrected chi connectivity index (χ4v) is 2.93. The molecule has 0 aliphatic heterocycles. The van der Waals surface area contributed by atoms with E-state index in [1.54, 1.807) is 11.1 Å². The van der Waals surface area contributed by atoms with Gasteiger partial charge in [0.1, 0.15) is 0 Å². The number of hydrogen-bond acceptors (Lipinski definition) is 0. The molecule has 0 saturated carbocycles. The molecule has 0 N–H and O–H groups in total. The molecule has 17 heavy (non-hydrogen) atoms. The molecule has 1 aliphatic rings. The van der Waals surface area contributed by atoms with E-state index in [-0.39, 0.29) is 0 Å². The maximum atomic E-state index is 3.83. The first kappa shape index (κ1) is 12.4. The zero-order valence-electron chi connectivity index (χ0n) is 11.6. The van der Waals surface area contributed by atoms with Crippen molar-refractivity contribution in [3.05, 3.63) is 47.5 Å². The number of rotatable bonds is 2. The van der Waals surface area contributed by atoms with Crippen LogP contribution < -0.4 is 0 Å². The average Bonchev–Trinajstić information content (AvgIpc) is 2.26. The second-order valence-corrected chi connectivity index (χ2v) is 6.64. The van der Waals surface area contributed by atoms with Crippen molar-refractivity contribution in [3.8, 4) is 0 Å². The SMILES string of the molecule is C=CCc1ccc2c(c1)C(C)(C)CCC2(C)C. The van der Waals surface area contributed by atoms with E-state index in [2.05, 4.69) is 52.5 Å². The quantitative estimate of drug-likeness (QED) is 0.640. The van der Waals surface area contributed by atoms with Crippen LogP contribution in [0.15, 0.2) is 30.9 Å². The van der Waals surface area contributed by atoms with Gasteiger partial charge in [-0.25, -0.2) is 0 Å². The minimum Gasteiger partial charge on any atom is -0.103 e. The van der Waals surface area contributed by atoms with Crippen LogP contribution in [0.25, 0.3) is 0 Å². The summed E-state index contributed by atoms with van der Waals surface area (Å²) >= 11 is 0. The van der Waals surface area contributed by atoms with Crippen molar-refractivity contribution in [2.45, 2.75) is 57.8 Å². The summed E-state index contributed by atoms with van der Waals surface area (Å²) in [4.78, 5) is 0. The van der Waals surface area contributed by atoms with Gasteiger partial charge in [0.2, 0.25) is 0 Å². The van der Waals surface area contributed by atoms with Gasteiger partial charge < -0.3 is 0 Å². The standard InChI is InChI=1S/C17H24/c1-6-7-13-8-9-14-15(12-13)17(4,5)11-10-16(14,2)3/h6,8-9,12H,1,7,10-11H2,2-5H3. The lowest BCUT2D eigenvalue weighted by atomic mass is 9.63. The largest absolute Gasteiger partial charge is 0.103 e. The van der Waals surface area contributed by atoms with E-state index in [4.69, 9.17) is 0 Å². The molecule has 0 amide bonds. The number of hydrogen-bond donors (Lipinski definition) is 0. The maximum absolute atomic E-state index is 3.83. The highest BCUT2D eigenvalue weighted by molar-refractivity contribution is 5.43. The van der Waals surface area contributed by atoms with E-state index in [1.807, 2.05) is 6.08 Å². The van der Waals surface area contributed by atoms with Crippen LogP contribution in [0.2, 0.25) is 0 Å². The van der Waals surface area contributed by atoms with Gasteiger partial charge in [-0.05, 0) is 46.8 Å². The van der Waals surface area contributed by atoms with Crippen molar-refractivity contribution in [3.63, 3.8) is 0 Å². The van der Waals surface area contributed by atoms with Crippen LogP contribution in [0.3, 0.4) is 0 Å². The lowest BCUT2D eigenvalue weighted by Gasteiger charge is -2.42. The third-order valence-electron chi connectivity index (χ3n) is 4.30. The van der Waals surface area contributed by atoms with Crippen LogP contribution >= 0.6 is 0 Å². The predicted octanol–water partition coefficient (Wildman–Crippen LogP) is 4.76. The van der Waals surface area contributed by atoms with Crippen LogP contribution in [-0.2, 0) is 17.3 Å². The van der Waals surface area contributed by atoms with Gasteiger partial charge in [-0.3, -0.25) is 0 Å². The Labute approximate surface area is 106 Å².